The van der Waals surface area contributed by atoms with Crippen LogP contribution in [-0.4, -0.2) is 10.5 Å². The number of hydrogen-bond acceptors (Lipinski definition) is 2. The summed E-state index contributed by atoms with van der Waals surface area (Å²) < 4.78 is 0. The van der Waals surface area contributed by atoms with Gasteiger partial charge in [-0.25, -0.2) is 0 Å². The molecule has 2 saturated carbocycles. The monoisotopic (exact) mass is 300 g/mol. The molecule has 2 heteroatoms. The highest BCUT2D eigenvalue weighted by Crippen LogP contribution is 2.33. The van der Waals surface area contributed by atoms with Crippen molar-refractivity contribution in [3.63, 3.8) is 0 Å². The second-order valence-corrected chi connectivity index (χ2v) is 8.33. The van der Waals surface area contributed by atoms with Crippen molar-refractivity contribution in [3.05, 3.63) is 0 Å². The molecule has 19 heavy (non-hydrogen) atoms. The molecule has 0 aromatic carbocycles. The van der Waals surface area contributed by atoms with Gasteiger partial charge in [-0.15, -0.1) is 0 Å². The van der Waals surface area contributed by atoms with E-state index in [1.807, 2.05) is 0 Å². The Hall–Kier alpha value is 0.700. The third-order valence-corrected chi connectivity index (χ3v) is 6.46. The molecule has 2 fully saturated rings. The molecule has 0 radical (unpaired) electrons. The molecular weight excluding hydrogens is 268 g/mol. The van der Waals surface area contributed by atoms with E-state index in [1.54, 1.807) is 0 Å². The molecule has 0 aliphatic heterocycles. The minimum Gasteiger partial charge on any atom is -0.176 e. The summed E-state index contributed by atoms with van der Waals surface area (Å²) >= 11 is 9.50. The van der Waals surface area contributed by atoms with Crippen molar-refractivity contribution in [2.24, 2.45) is 11.8 Å². The first-order valence-electron chi connectivity index (χ1n) is 8.62. The Kier molecular flexibility index (Phi) is 7.51. The number of unbranched alkanes of at least 4 members (excludes halogenated alkanes) is 1. The van der Waals surface area contributed by atoms with Crippen LogP contribution in [0.3, 0.4) is 0 Å². The summed E-state index contributed by atoms with van der Waals surface area (Å²) in [4.78, 5) is 0. The molecule has 2 aliphatic carbocycles. The van der Waals surface area contributed by atoms with Crippen LogP contribution in [0.4, 0.5) is 0 Å². The standard InChI is InChI=1S/C17H32S2/c18-16-11-5-2-8-14(13-16)7-1-3-9-15-10-4-6-12-17(15)19/h14-19H,1-13H2/t14?,15-,16-,17?/m1/s1. The van der Waals surface area contributed by atoms with Crippen molar-refractivity contribution in [2.45, 2.75) is 94.0 Å². The summed E-state index contributed by atoms with van der Waals surface area (Å²) in [6.07, 6.45) is 18.5. The van der Waals surface area contributed by atoms with E-state index in [0.29, 0.717) is 10.5 Å². The van der Waals surface area contributed by atoms with Gasteiger partial charge in [-0.2, -0.15) is 25.3 Å². The van der Waals surface area contributed by atoms with Gasteiger partial charge in [0.15, 0.2) is 0 Å². The van der Waals surface area contributed by atoms with Crippen molar-refractivity contribution in [1.29, 1.82) is 0 Å². The maximum Gasteiger partial charge on any atom is 0.00450 e. The quantitative estimate of drug-likeness (QED) is 0.352. The molecule has 2 unspecified atom stereocenters. The van der Waals surface area contributed by atoms with Crippen molar-refractivity contribution < 1.29 is 0 Å². The second kappa shape index (κ2) is 8.87. The molecule has 0 aromatic rings. The van der Waals surface area contributed by atoms with Crippen LogP contribution in [0.1, 0.15) is 83.5 Å². The van der Waals surface area contributed by atoms with Gasteiger partial charge in [0.1, 0.15) is 0 Å². The van der Waals surface area contributed by atoms with Crippen molar-refractivity contribution >= 4 is 25.3 Å². The molecule has 4 atom stereocenters. The summed E-state index contributed by atoms with van der Waals surface area (Å²) in [7, 11) is 0. The van der Waals surface area contributed by atoms with Crippen LogP contribution in [0.5, 0.6) is 0 Å². The zero-order chi connectivity index (χ0) is 13.5. The zero-order valence-corrected chi connectivity index (χ0v) is 14.2. The van der Waals surface area contributed by atoms with E-state index in [4.69, 9.17) is 25.3 Å². The lowest BCUT2D eigenvalue weighted by Crippen LogP contribution is -2.19. The van der Waals surface area contributed by atoms with Crippen LogP contribution in [0, 0.1) is 11.8 Å². The van der Waals surface area contributed by atoms with Gasteiger partial charge >= 0.3 is 0 Å². The first kappa shape index (κ1) is 16.1. The Bertz CT molecular complexity index is 241. The fourth-order valence-corrected chi connectivity index (χ4v) is 5.02. The molecule has 112 valence electrons. The molecule has 0 spiro atoms. The molecule has 2 rings (SSSR count). The predicted octanol–water partition coefficient (Wildman–Crippen LogP) is 5.91. The fourth-order valence-electron chi connectivity index (χ4n) is 4.06. The lowest BCUT2D eigenvalue weighted by atomic mass is 9.84. The Balaban J connectivity index is 1.58. The van der Waals surface area contributed by atoms with Gasteiger partial charge in [0, 0.05) is 10.5 Å². The predicted molar refractivity (Wildman–Crippen MR) is 92.5 cm³/mol. The second-order valence-electron chi connectivity index (χ2n) is 6.94. The van der Waals surface area contributed by atoms with Crippen molar-refractivity contribution in [3.8, 4) is 0 Å². The van der Waals surface area contributed by atoms with Gasteiger partial charge in [-0.1, -0.05) is 51.4 Å². The lowest BCUT2D eigenvalue weighted by Gasteiger charge is -2.28. The first-order chi connectivity index (χ1) is 9.25. The number of rotatable bonds is 5. The van der Waals surface area contributed by atoms with E-state index < -0.39 is 0 Å². The average molecular weight is 301 g/mol. The third-order valence-electron chi connectivity index (χ3n) is 5.31. The lowest BCUT2D eigenvalue weighted by molar-refractivity contribution is 0.330. The summed E-state index contributed by atoms with van der Waals surface area (Å²) in [5.41, 5.74) is 0. The molecule has 0 nitrogen and oxygen atoms in total. The van der Waals surface area contributed by atoms with Crippen LogP contribution >= 0.6 is 25.3 Å². The Morgan fingerprint density at radius 2 is 1.42 bits per heavy atom. The highest BCUT2D eigenvalue weighted by atomic mass is 32.1. The molecular formula is C17H32S2. The van der Waals surface area contributed by atoms with E-state index in [2.05, 4.69) is 0 Å². The zero-order valence-electron chi connectivity index (χ0n) is 12.4. The van der Waals surface area contributed by atoms with E-state index in [1.165, 1.54) is 83.5 Å². The van der Waals surface area contributed by atoms with Crippen LogP contribution in [0.2, 0.25) is 0 Å². The summed E-state index contributed by atoms with van der Waals surface area (Å²) in [5, 5.41) is 1.39. The summed E-state index contributed by atoms with van der Waals surface area (Å²) in [6, 6.07) is 0. The molecule has 0 N–H and O–H groups in total. The van der Waals surface area contributed by atoms with E-state index in [9.17, 15) is 0 Å². The van der Waals surface area contributed by atoms with Gasteiger partial charge in [0.05, 0.1) is 0 Å². The normalized spacial score (nSPS) is 36.9. The van der Waals surface area contributed by atoms with Crippen LogP contribution < -0.4 is 0 Å². The molecule has 0 heterocycles. The van der Waals surface area contributed by atoms with Crippen LogP contribution in [0.25, 0.3) is 0 Å². The fraction of sp³-hybridized carbons (Fsp3) is 1.00. The molecule has 0 amide bonds. The topological polar surface area (TPSA) is 0 Å². The minimum absolute atomic E-state index is 0.688. The van der Waals surface area contributed by atoms with E-state index in [0.717, 1.165) is 11.8 Å². The largest absolute Gasteiger partial charge is 0.176 e. The molecule has 2 aliphatic rings. The van der Waals surface area contributed by atoms with Crippen LogP contribution in [-0.2, 0) is 0 Å². The maximum absolute atomic E-state index is 4.78. The molecule has 0 bridgehead atoms. The first-order valence-corrected chi connectivity index (χ1v) is 9.65. The van der Waals surface area contributed by atoms with Crippen molar-refractivity contribution in [1.82, 2.24) is 0 Å². The highest BCUT2D eigenvalue weighted by Gasteiger charge is 2.22. The Labute approximate surface area is 131 Å². The Morgan fingerprint density at radius 3 is 2.26 bits per heavy atom. The van der Waals surface area contributed by atoms with Crippen molar-refractivity contribution in [2.75, 3.05) is 0 Å². The number of hydrogen-bond donors (Lipinski definition) is 2. The van der Waals surface area contributed by atoms with Gasteiger partial charge in [-0.05, 0) is 43.9 Å². The molecule has 0 aromatic heterocycles. The van der Waals surface area contributed by atoms with Gasteiger partial charge in [0.2, 0.25) is 0 Å². The van der Waals surface area contributed by atoms with E-state index >= 15 is 0 Å². The summed E-state index contributed by atoms with van der Waals surface area (Å²) in [5.74, 6) is 1.90. The third kappa shape index (κ3) is 5.91. The highest BCUT2D eigenvalue weighted by molar-refractivity contribution is 7.81. The van der Waals surface area contributed by atoms with Gasteiger partial charge < -0.3 is 0 Å². The number of thiol groups is 2. The van der Waals surface area contributed by atoms with Crippen LogP contribution in [0.15, 0.2) is 0 Å². The van der Waals surface area contributed by atoms with E-state index in [-0.39, 0.29) is 0 Å². The average Bonchev–Trinajstić information content (AvgIpc) is 2.61. The summed E-state index contributed by atoms with van der Waals surface area (Å²) in [6.45, 7) is 0. The maximum atomic E-state index is 4.78. The minimum atomic E-state index is 0.688. The van der Waals surface area contributed by atoms with Gasteiger partial charge in [-0.3, -0.25) is 0 Å². The van der Waals surface area contributed by atoms with Gasteiger partial charge in [0.25, 0.3) is 0 Å². The molecule has 0 saturated heterocycles. The Morgan fingerprint density at radius 1 is 0.737 bits per heavy atom. The smallest absolute Gasteiger partial charge is 0.00450 e. The SMILES string of the molecule is SC1CCCC[C@H]1CCCCC1CCCC[C@@H](S)C1.